The van der Waals surface area contributed by atoms with Crippen LogP contribution in [-0.2, 0) is 0 Å². The van der Waals surface area contributed by atoms with E-state index in [-0.39, 0.29) is 5.91 Å². The van der Waals surface area contributed by atoms with Gasteiger partial charge in [-0.3, -0.25) is 4.79 Å². The Morgan fingerprint density at radius 2 is 2.04 bits per heavy atom. The number of anilines is 1. The second-order valence-electron chi connectivity index (χ2n) is 5.36. The summed E-state index contributed by atoms with van der Waals surface area (Å²) in [4.78, 5) is 12.9. The molecule has 1 N–H and O–H groups in total. The summed E-state index contributed by atoms with van der Waals surface area (Å²) in [5.74, 6) is 0.790. The van der Waals surface area contributed by atoms with Crippen molar-refractivity contribution in [2.24, 2.45) is 0 Å². The Kier molecular flexibility index (Phi) is 5.19. The molecule has 0 unspecified atom stereocenters. The van der Waals surface area contributed by atoms with Crippen LogP contribution in [0, 0.1) is 6.92 Å². The number of aryl methyl sites for hydroxylation is 1. The number of para-hydroxylation sites is 2. The van der Waals surface area contributed by atoms with Gasteiger partial charge in [0.25, 0.3) is 5.91 Å². The maximum Gasteiger partial charge on any atom is 0.261 e. The van der Waals surface area contributed by atoms with Crippen LogP contribution in [0.5, 0.6) is 5.75 Å². The zero-order chi connectivity index (χ0) is 17.8. The molecule has 0 saturated carbocycles. The van der Waals surface area contributed by atoms with Crippen molar-refractivity contribution >= 4 is 27.5 Å². The molecule has 5 nitrogen and oxygen atoms in total. The van der Waals surface area contributed by atoms with Gasteiger partial charge in [0.05, 0.1) is 12.3 Å². The van der Waals surface area contributed by atoms with Gasteiger partial charge in [-0.05, 0) is 38.1 Å². The quantitative estimate of drug-likeness (QED) is 0.649. The normalized spacial score (nSPS) is 10.5. The van der Waals surface area contributed by atoms with Crippen molar-refractivity contribution in [2.75, 3.05) is 11.9 Å². The average Bonchev–Trinajstić information content (AvgIpc) is 2.98. The first-order valence-corrected chi connectivity index (χ1v) is 8.65. The number of benzene rings is 2. The summed E-state index contributed by atoms with van der Waals surface area (Å²) in [6.07, 6.45) is 0. The van der Waals surface area contributed by atoms with E-state index in [4.69, 9.17) is 9.26 Å². The van der Waals surface area contributed by atoms with E-state index in [2.05, 4.69) is 26.4 Å². The maximum absolute atomic E-state index is 12.9. The molecule has 0 fully saturated rings. The molecule has 0 bridgehead atoms. The predicted molar refractivity (Wildman–Crippen MR) is 99.9 cm³/mol. The molecule has 0 aliphatic rings. The van der Waals surface area contributed by atoms with Gasteiger partial charge in [0.2, 0.25) is 0 Å². The van der Waals surface area contributed by atoms with Crippen LogP contribution in [0.3, 0.4) is 0 Å². The van der Waals surface area contributed by atoms with Crippen molar-refractivity contribution in [3.8, 4) is 17.0 Å². The number of carbonyl (C=O) groups excluding carboxylic acids is 1. The number of ether oxygens (including phenoxy) is 1. The lowest BCUT2D eigenvalue weighted by atomic mass is 10.1. The van der Waals surface area contributed by atoms with Crippen LogP contribution in [-0.4, -0.2) is 17.7 Å². The van der Waals surface area contributed by atoms with E-state index in [0.29, 0.717) is 35.1 Å². The summed E-state index contributed by atoms with van der Waals surface area (Å²) in [5.41, 5.74) is 2.32. The van der Waals surface area contributed by atoms with Gasteiger partial charge in [-0.15, -0.1) is 0 Å². The van der Waals surface area contributed by atoms with Crippen molar-refractivity contribution < 1.29 is 14.1 Å². The molecule has 0 spiro atoms. The highest BCUT2D eigenvalue weighted by Gasteiger charge is 2.22. The predicted octanol–water partition coefficient (Wildman–Crippen LogP) is 5.06. The molecule has 0 aliphatic carbocycles. The summed E-state index contributed by atoms with van der Waals surface area (Å²) in [7, 11) is 0. The SMILES string of the molecule is CCOc1ccccc1NC(=O)c1c(-c2cccc(Br)c2)noc1C. The van der Waals surface area contributed by atoms with Crippen molar-refractivity contribution in [2.45, 2.75) is 13.8 Å². The maximum atomic E-state index is 12.9. The van der Waals surface area contributed by atoms with Gasteiger partial charge in [0, 0.05) is 10.0 Å². The number of rotatable bonds is 5. The Balaban J connectivity index is 1.95. The minimum atomic E-state index is -0.291. The topological polar surface area (TPSA) is 64.4 Å². The average molecular weight is 401 g/mol. The number of hydrogen-bond donors (Lipinski definition) is 1. The molecule has 25 heavy (non-hydrogen) atoms. The lowest BCUT2D eigenvalue weighted by molar-refractivity contribution is 0.102. The molecule has 6 heteroatoms. The fourth-order valence-electron chi connectivity index (χ4n) is 2.51. The second kappa shape index (κ2) is 7.53. The van der Waals surface area contributed by atoms with Crippen LogP contribution in [0.15, 0.2) is 57.5 Å². The monoisotopic (exact) mass is 400 g/mol. The molecule has 0 aliphatic heterocycles. The largest absolute Gasteiger partial charge is 0.492 e. The highest BCUT2D eigenvalue weighted by molar-refractivity contribution is 9.10. The van der Waals surface area contributed by atoms with Crippen molar-refractivity contribution in [1.82, 2.24) is 5.16 Å². The number of hydrogen-bond acceptors (Lipinski definition) is 4. The highest BCUT2D eigenvalue weighted by atomic mass is 79.9. The van der Waals surface area contributed by atoms with Crippen LogP contribution in [0.1, 0.15) is 23.0 Å². The third kappa shape index (κ3) is 3.74. The third-order valence-electron chi connectivity index (χ3n) is 3.62. The summed E-state index contributed by atoms with van der Waals surface area (Å²) >= 11 is 3.43. The molecule has 0 saturated heterocycles. The molecule has 0 atom stereocenters. The van der Waals surface area contributed by atoms with E-state index < -0.39 is 0 Å². The molecular weight excluding hydrogens is 384 g/mol. The molecule has 3 aromatic rings. The number of amides is 1. The summed E-state index contributed by atoms with van der Waals surface area (Å²) < 4.78 is 11.7. The minimum Gasteiger partial charge on any atom is -0.492 e. The fourth-order valence-corrected chi connectivity index (χ4v) is 2.91. The van der Waals surface area contributed by atoms with E-state index >= 15 is 0 Å². The van der Waals surface area contributed by atoms with E-state index in [0.717, 1.165) is 10.0 Å². The lowest BCUT2D eigenvalue weighted by Gasteiger charge is -2.11. The van der Waals surface area contributed by atoms with E-state index in [1.165, 1.54) is 0 Å². The molecule has 128 valence electrons. The molecule has 1 heterocycles. The third-order valence-corrected chi connectivity index (χ3v) is 4.12. The van der Waals surface area contributed by atoms with E-state index in [9.17, 15) is 4.79 Å². The van der Waals surface area contributed by atoms with Gasteiger partial charge >= 0.3 is 0 Å². The Labute approximate surface area is 154 Å². The van der Waals surface area contributed by atoms with Gasteiger partial charge in [0.1, 0.15) is 22.8 Å². The lowest BCUT2D eigenvalue weighted by Crippen LogP contribution is -2.14. The number of halogens is 1. The summed E-state index contributed by atoms with van der Waals surface area (Å²) in [6, 6.07) is 14.9. The zero-order valence-corrected chi connectivity index (χ0v) is 15.5. The van der Waals surface area contributed by atoms with Crippen molar-refractivity contribution in [1.29, 1.82) is 0 Å². The molecule has 1 amide bonds. The minimum absolute atomic E-state index is 0.291. The molecule has 0 radical (unpaired) electrons. The Hall–Kier alpha value is -2.60. The van der Waals surface area contributed by atoms with Crippen LogP contribution < -0.4 is 10.1 Å². The molecule has 3 rings (SSSR count). The number of nitrogens with one attached hydrogen (secondary N) is 1. The Morgan fingerprint density at radius 1 is 1.24 bits per heavy atom. The molecule has 1 aromatic heterocycles. The Morgan fingerprint density at radius 3 is 2.80 bits per heavy atom. The molecule has 2 aromatic carbocycles. The molecular formula is C19H17BrN2O3. The van der Waals surface area contributed by atoms with Gasteiger partial charge < -0.3 is 14.6 Å². The van der Waals surface area contributed by atoms with Crippen molar-refractivity contribution in [3.05, 3.63) is 64.3 Å². The van der Waals surface area contributed by atoms with Crippen LogP contribution in [0.4, 0.5) is 5.69 Å². The number of nitrogens with zero attached hydrogens (tertiary/aromatic N) is 1. The van der Waals surface area contributed by atoms with E-state index in [1.54, 1.807) is 13.0 Å². The van der Waals surface area contributed by atoms with E-state index in [1.807, 2.05) is 49.4 Å². The first-order chi connectivity index (χ1) is 12.1. The number of carbonyl (C=O) groups is 1. The van der Waals surface area contributed by atoms with Gasteiger partial charge in [-0.2, -0.15) is 0 Å². The van der Waals surface area contributed by atoms with Crippen LogP contribution in [0.25, 0.3) is 11.3 Å². The van der Waals surface area contributed by atoms with Crippen molar-refractivity contribution in [3.63, 3.8) is 0 Å². The van der Waals surface area contributed by atoms with Crippen LogP contribution >= 0.6 is 15.9 Å². The summed E-state index contributed by atoms with van der Waals surface area (Å²) in [6.45, 7) is 4.13. The Bertz CT molecular complexity index is 905. The number of aromatic nitrogens is 1. The van der Waals surface area contributed by atoms with Gasteiger partial charge in [-0.1, -0.05) is 45.4 Å². The second-order valence-corrected chi connectivity index (χ2v) is 6.27. The van der Waals surface area contributed by atoms with Gasteiger partial charge in [-0.25, -0.2) is 0 Å². The zero-order valence-electron chi connectivity index (χ0n) is 13.9. The smallest absolute Gasteiger partial charge is 0.261 e. The summed E-state index contributed by atoms with van der Waals surface area (Å²) in [5, 5.41) is 6.95. The van der Waals surface area contributed by atoms with Gasteiger partial charge in [0.15, 0.2) is 0 Å². The van der Waals surface area contributed by atoms with Crippen LogP contribution in [0.2, 0.25) is 0 Å². The highest BCUT2D eigenvalue weighted by Crippen LogP contribution is 2.30. The fraction of sp³-hybridized carbons (Fsp3) is 0.158. The first-order valence-electron chi connectivity index (χ1n) is 7.85. The first kappa shape index (κ1) is 17.2. The standard InChI is InChI=1S/C19H17BrN2O3/c1-3-24-16-10-5-4-9-15(16)21-19(23)17-12(2)25-22-18(17)13-7-6-8-14(20)11-13/h4-11H,3H2,1-2H3,(H,21,23).